The predicted octanol–water partition coefficient (Wildman–Crippen LogP) is 4.95. The van der Waals surface area contributed by atoms with Gasteiger partial charge in [-0.3, -0.25) is 14.2 Å². The van der Waals surface area contributed by atoms with Crippen LogP contribution < -0.4 is 10.9 Å². The van der Waals surface area contributed by atoms with E-state index in [0.29, 0.717) is 40.6 Å². The lowest BCUT2D eigenvalue weighted by molar-refractivity contribution is -0.120. The zero-order valence-electron chi connectivity index (χ0n) is 18.1. The molecular weight excluding hydrogens is 413 g/mol. The Bertz CT molecular complexity index is 1100. The number of carbonyl (C=O) groups is 1. The van der Waals surface area contributed by atoms with E-state index in [1.165, 1.54) is 28.5 Å². The number of benzene rings is 2. The van der Waals surface area contributed by atoms with Crippen LogP contribution >= 0.6 is 11.8 Å². The van der Waals surface area contributed by atoms with Gasteiger partial charge < -0.3 is 5.32 Å². The summed E-state index contributed by atoms with van der Waals surface area (Å²) in [7, 11) is 0. The molecule has 0 saturated carbocycles. The maximum atomic E-state index is 13.5. The average Bonchev–Trinajstić information content (AvgIpc) is 2.76. The SMILES string of the molecule is CCCCC(Sc1nc2ccccc2c(=O)n1-c1ccc(F)cc1)C(=O)NCC(C)C. The monoisotopic (exact) mass is 441 g/mol. The summed E-state index contributed by atoms with van der Waals surface area (Å²) in [5.74, 6) is -0.0918. The van der Waals surface area contributed by atoms with E-state index in [2.05, 4.69) is 12.2 Å². The summed E-state index contributed by atoms with van der Waals surface area (Å²) >= 11 is 1.29. The predicted molar refractivity (Wildman–Crippen MR) is 124 cm³/mol. The van der Waals surface area contributed by atoms with Crippen molar-refractivity contribution >= 4 is 28.6 Å². The number of rotatable bonds is 9. The van der Waals surface area contributed by atoms with Gasteiger partial charge in [-0.25, -0.2) is 9.37 Å². The third-order valence-corrected chi connectivity index (χ3v) is 6.09. The molecule has 0 aliphatic carbocycles. The standard InChI is InChI=1S/C24H28FN3O2S/c1-4-5-10-21(22(29)26-15-16(2)3)31-24-27-20-9-7-6-8-19(20)23(30)28(24)18-13-11-17(25)12-14-18/h6-9,11-14,16,21H,4-5,10,15H2,1-3H3,(H,26,29). The van der Waals surface area contributed by atoms with Gasteiger partial charge in [-0.2, -0.15) is 0 Å². The molecule has 1 amide bonds. The summed E-state index contributed by atoms with van der Waals surface area (Å²) in [6.07, 6.45) is 2.53. The van der Waals surface area contributed by atoms with Gasteiger partial charge in [0.05, 0.1) is 21.8 Å². The Hall–Kier alpha value is -2.67. The minimum Gasteiger partial charge on any atom is -0.355 e. The first-order valence-electron chi connectivity index (χ1n) is 10.6. The van der Waals surface area contributed by atoms with Gasteiger partial charge in [0.15, 0.2) is 5.16 Å². The van der Waals surface area contributed by atoms with Gasteiger partial charge in [-0.15, -0.1) is 0 Å². The van der Waals surface area contributed by atoms with Crippen molar-refractivity contribution in [2.45, 2.75) is 50.4 Å². The lowest BCUT2D eigenvalue weighted by atomic mass is 10.2. The summed E-state index contributed by atoms with van der Waals surface area (Å²) in [5.41, 5.74) is 0.853. The fraction of sp³-hybridized carbons (Fsp3) is 0.375. The van der Waals surface area contributed by atoms with Crippen LogP contribution in [0.15, 0.2) is 58.5 Å². The van der Waals surface area contributed by atoms with Gasteiger partial charge in [0.1, 0.15) is 5.82 Å². The van der Waals surface area contributed by atoms with Crippen molar-refractivity contribution in [3.8, 4) is 5.69 Å². The molecule has 0 aliphatic rings. The molecule has 31 heavy (non-hydrogen) atoms. The Kier molecular flexibility index (Phi) is 7.85. The Morgan fingerprint density at radius 3 is 2.55 bits per heavy atom. The number of carbonyl (C=O) groups excluding carboxylic acids is 1. The molecule has 164 valence electrons. The fourth-order valence-electron chi connectivity index (χ4n) is 3.19. The van der Waals surface area contributed by atoms with Crippen LogP contribution in [0, 0.1) is 11.7 Å². The molecular formula is C24H28FN3O2S. The van der Waals surface area contributed by atoms with Crippen molar-refractivity contribution in [3.05, 3.63) is 64.7 Å². The van der Waals surface area contributed by atoms with E-state index in [-0.39, 0.29) is 22.5 Å². The first kappa shape index (κ1) is 23.0. The molecule has 5 nitrogen and oxygen atoms in total. The Labute approximate surface area is 186 Å². The Morgan fingerprint density at radius 2 is 1.87 bits per heavy atom. The normalized spacial score (nSPS) is 12.3. The Balaban J connectivity index is 2.07. The fourth-order valence-corrected chi connectivity index (χ4v) is 4.36. The minimum atomic E-state index is -0.381. The highest BCUT2D eigenvalue weighted by molar-refractivity contribution is 8.00. The molecule has 1 N–H and O–H groups in total. The van der Waals surface area contributed by atoms with Gasteiger partial charge in [0, 0.05) is 6.54 Å². The van der Waals surface area contributed by atoms with Crippen LogP contribution in [0.5, 0.6) is 0 Å². The number of hydrogen-bond acceptors (Lipinski definition) is 4. The van der Waals surface area contributed by atoms with Crippen LogP contribution in [0.2, 0.25) is 0 Å². The van der Waals surface area contributed by atoms with Crippen molar-refractivity contribution in [2.24, 2.45) is 5.92 Å². The molecule has 0 aliphatic heterocycles. The van der Waals surface area contributed by atoms with E-state index in [9.17, 15) is 14.0 Å². The van der Waals surface area contributed by atoms with Gasteiger partial charge in [0.2, 0.25) is 5.91 Å². The number of nitrogens with one attached hydrogen (secondary N) is 1. The third kappa shape index (κ3) is 5.73. The van der Waals surface area contributed by atoms with Crippen molar-refractivity contribution in [1.29, 1.82) is 0 Å². The molecule has 1 atom stereocenters. The second-order valence-electron chi connectivity index (χ2n) is 7.92. The molecule has 0 bridgehead atoms. The zero-order chi connectivity index (χ0) is 22.4. The molecule has 1 unspecified atom stereocenters. The van der Waals surface area contributed by atoms with E-state index in [0.717, 1.165) is 12.8 Å². The lowest BCUT2D eigenvalue weighted by Gasteiger charge is -2.19. The number of hydrogen-bond donors (Lipinski definition) is 1. The summed E-state index contributed by atoms with van der Waals surface area (Å²) in [6, 6.07) is 12.9. The van der Waals surface area contributed by atoms with Crippen LogP contribution in [-0.2, 0) is 4.79 Å². The maximum Gasteiger partial charge on any atom is 0.266 e. The minimum absolute atomic E-state index is 0.0554. The average molecular weight is 442 g/mol. The summed E-state index contributed by atoms with van der Waals surface area (Å²) in [4.78, 5) is 30.9. The zero-order valence-corrected chi connectivity index (χ0v) is 18.9. The second-order valence-corrected chi connectivity index (χ2v) is 9.09. The maximum absolute atomic E-state index is 13.5. The number of unbranched alkanes of at least 4 members (excludes halogenated alkanes) is 1. The molecule has 7 heteroatoms. The van der Waals surface area contributed by atoms with Crippen LogP contribution in [0.4, 0.5) is 4.39 Å². The summed E-state index contributed by atoms with van der Waals surface area (Å²) in [5, 5.41) is 3.53. The number of amides is 1. The molecule has 2 aromatic carbocycles. The van der Waals surface area contributed by atoms with Gasteiger partial charge in [-0.05, 0) is 48.7 Å². The first-order chi connectivity index (χ1) is 14.9. The van der Waals surface area contributed by atoms with Crippen molar-refractivity contribution in [1.82, 2.24) is 14.9 Å². The molecule has 0 fully saturated rings. The smallest absolute Gasteiger partial charge is 0.266 e. The molecule has 3 rings (SSSR count). The largest absolute Gasteiger partial charge is 0.355 e. The Morgan fingerprint density at radius 1 is 1.16 bits per heavy atom. The third-order valence-electron chi connectivity index (χ3n) is 4.87. The van der Waals surface area contributed by atoms with Crippen LogP contribution in [0.25, 0.3) is 16.6 Å². The van der Waals surface area contributed by atoms with Gasteiger partial charge >= 0.3 is 0 Å². The lowest BCUT2D eigenvalue weighted by Crippen LogP contribution is -2.35. The molecule has 0 spiro atoms. The van der Waals surface area contributed by atoms with E-state index in [4.69, 9.17) is 4.98 Å². The van der Waals surface area contributed by atoms with Crippen LogP contribution in [0.1, 0.15) is 40.0 Å². The molecule has 0 radical (unpaired) electrons. The van der Waals surface area contributed by atoms with Crippen LogP contribution in [0.3, 0.4) is 0 Å². The van der Waals surface area contributed by atoms with Gasteiger partial charge in [0.25, 0.3) is 5.56 Å². The summed E-state index contributed by atoms with van der Waals surface area (Å²) in [6.45, 7) is 6.77. The van der Waals surface area contributed by atoms with Crippen molar-refractivity contribution in [3.63, 3.8) is 0 Å². The highest BCUT2D eigenvalue weighted by Crippen LogP contribution is 2.28. The first-order valence-corrected chi connectivity index (χ1v) is 11.5. The van der Waals surface area contributed by atoms with E-state index in [1.54, 1.807) is 30.3 Å². The number of fused-ring (bicyclic) bond motifs is 1. The highest BCUT2D eigenvalue weighted by atomic mass is 32.2. The molecule has 0 saturated heterocycles. The number of halogens is 1. The molecule has 1 heterocycles. The van der Waals surface area contributed by atoms with Crippen molar-refractivity contribution in [2.75, 3.05) is 6.54 Å². The molecule has 1 aromatic heterocycles. The number of aromatic nitrogens is 2. The number of para-hydroxylation sites is 1. The number of thioether (sulfide) groups is 1. The van der Waals surface area contributed by atoms with Crippen LogP contribution in [-0.4, -0.2) is 27.3 Å². The molecule has 3 aromatic rings. The van der Waals surface area contributed by atoms with Crippen molar-refractivity contribution < 1.29 is 9.18 Å². The second kappa shape index (κ2) is 10.6. The highest BCUT2D eigenvalue weighted by Gasteiger charge is 2.23. The topological polar surface area (TPSA) is 64.0 Å². The van der Waals surface area contributed by atoms with E-state index in [1.807, 2.05) is 19.9 Å². The van der Waals surface area contributed by atoms with E-state index < -0.39 is 0 Å². The quantitative estimate of drug-likeness (QED) is 0.377. The summed E-state index contributed by atoms with van der Waals surface area (Å²) < 4.78 is 15.0. The number of nitrogens with zero attached hydrogens (tertiary/aromatic N) is 2. The van der Waals surface area contributed by atoms with E-state index >= 15 is 0 Å². The van der Waals surface area contributed by atoms with Gasteiger partial charge in [-0.1, -0.05) is 57.5 Å².